The van der Waals surface area contributed by atoms with Gasteiger partial charge in [-0.1, -0.05) is 63.1 Å². The molecule has 0 amide bonds. The van der Waals surface area contributed by atoms with E-state index in [4.69, 9.17) is 5.73 Å². The molecule has 0 aromatic heterocycles. The van der Waals surface area contributed by atoms with Crippen LogP contribution in [0.5, 0.6) is 0 Å². The van der Waals surface area contributed by atoms with E-state index in [-0.39, 0.29) is 0 Å². The van der Waals surface area contributed by atoms with Crippen molar-refractivity contribution in [1.82, 2.24) is 10.6 Å². The summed E-state index contributed by atoms with van der Waals surface area (Å²) in [5, 5.41) is 6.98. The van der Waals surface area contributed by atoms with Crippen LogP contribution in [0.25, 0.3) is 0 Å². The Morgan fingerprint density at radius 3 is 2.66 bits per heavy atom. The van der Waals surface area contributed by atoms with Crippen molar-refractivity contribution in [2.75, 3.05) is 44.0 Å². The monoisotopic (exact) mass is 438 g/mol. The molecule has 1 unspecified atom stereocenters. The molecule has 1 aromatic carbocycles. The Kier molecular flexibility index (Phi) is 12.2. The highest BCUT2D eigenvalue weighted by Gasteiger charge is 2.12. The van der Waals surface area contributed by atoms with Crippen molar-refractivity contribution in [2.45, 2.75) is 65.7 Å². The number of rotatable bonds is 15. The predicted octanol–water partition coefficient (Wildman–Crippen LogP) is 6.04. The maximum absolute atomic E-state index is 6.31. The van der Waals surface area contributed by atoms with Gasteiger partial charge in [-0.2, -0.15) is 0 Å². The SMILES string of the molecule is CCC1=C(CCCCNC)C=C(CNCN(CCC(C)CC)c2ccccc2N)CC=C1. The van der Waals surface area contributed by atoms with Gasteiger partial charge < -0.3 is 16.0 Å². The lowest BCUT2D eigenvalue weighted by Crippen LogP contribution is -2.37. The molecule has 4 N–H and O–H groups in total. The molecule has 2 rings (SSSR count). The van der Waals surface area contributed by atoms with Crippen LogP contribution in [-0.4, -0.2) is 33.4 Å². The predicted molar refractivity (Wildman–Crippen MR) is 142 cm³/mol. The second-order valence-corrected chi connectivity index (χ2v) is 9.08. The van der Waals surface area contributed by atoms with Crippen LogP contribution >= 0.6 is 0 Å². The van der Waals surface area contributed by atoms with Gasteiger partial charge in [0.1, 0.15) is 0 Å². The Morgan fingerprint density at radius 1 is 1.12 bits per heavy atom. The molecule has 0 bridgehead atoms. The van der Waals surface area contributed by atoms with Crippen LogP contribution in [-0.2, 0) is 0 Å². The Morgan fingerprint density at radius 2 is 1.94 bits per heavy atom. The fourth-order valence-electron chi connectivity index (χ4n) is 4.17. The topological polar surface area (TPSA) is 53.3 Å². The van der Waals surface area contributed by atoms with Crippen LogP contribution in [0, 0.1) is 5.92 Å². The first-order valence-electron chi connectivity index (χ1n) is 12.6. The average Bonchev–Trinajstić information content (AvgIpc) is 3.00. The Labute approximate surface area is 197 Å². The van der Waals surface area contributed by atoms with Crippen molar-refractivity contribution >= 4 is 11.4 Å². The van der Waals surface area contributed by atoms with E-state index >= 15 is 0 Å². The molecule has 0 spiro atoms. The maximum Gasteiger partial charge on any atom is 0.0685 e. The zero-order valence-corrected chi connectivity index (χ0v) is 20.9. The van der Waals surface area contributed by atoms with E-state index in [9.17, 15) is 0 Å². The molecule has 0 aliphatic heterocycles. The van der Waals surface area contributed by atoms with Crippen LogP contribution in [0.4, 0.5) is 11.4 Å². The summed E-state index contributed by atoms with van der Waals surface area (Å²) in [7, 11) is 2.03. The summed E-state index contributed by atoms with van der Waals surface area (Å²) in [5.41, 5.74) is 12.8. The van der Waals surface area contributed by atoms with E-state index in [2.05, 4.69) is 66.7 Å². The van der Waals surface area contributed by atoms with E-state index in [0.29, 0.717) is 0 Å². The van der Waals surface area contributed by atoms with Gasteiger partial charge in [-0.3, -0.25) is 5.32 Å². The molecular formula is C28H46N4. The summed E-state index contributed by atoms with van der Waals surface area (Å²) in [5.74, 6) is 0.722. The molecule has 1 aliphatic carbocycles. The number of nitrogens with one attached hydrogen (secondary N) is 2. The zero-order chi connectivity index (χ0) is 23.2. The molecule has 0 heterocycles. The van der Waals surface area contributed by atoms with Gasteiger partial charge in [0.25, 0.3) is 0 Å². The highest BCUT2D eigenvalue weighted by molar-refractivity contribution is 5.67. The van der Waals surface area contributed by atoms with Crippen molar-refractivity contribution < 1.29 is 0 Å². The molecule has 1 atom stereocenters. The minimum Gasteiger partial charge on any atom is -0.397 e. The van der Waals surface area contributed by atoms with Gasteiger partial charge in [0.2, 0.25) is 0 Å². The lowest BCUT2D eigenvalue weighted by atomic mass is 9.99. The third-order valence-corrected chi connectivity index (χ3v) is 6.51. The number of benzene rings is 1. The Bertz CT molecular complexity index is 762. The molecule has 1 aliphatic rings. The van der Waals surface area contributed by atoms with Crippen molar-refractivity contribution in [3.05, 3.63) is 59.2 Å². The summed E-state index contributed by atoms with van der Waals surface area (Å²) < 4.78 is 0. The van der Waals surface area contributed by atoms with Crippen molar-refractivity contribution in [1.29, 1.82) is 0 Å². The fourth-order valence-corrected chi connectivity index (χ4v) is 4.17. The van der Waals surface area contributed by atoms with Crippen LogP contribution in [0.1, 0.15) is 65.7 Å². The van der Waals surface area contributed by atoms with Gasteiger partial charge in [0.15, 0.2) is 0 Å². The van der Waals surface area contributed by atoms with E-state index in [1.807, 2.05) is 19.2 Å². The smallest absolute Gasteiger partial charge is 0.0685 e. The van der Waals surface area contributed by atoms with E-state index in [1.54, 1.807) is 0 Å². The zero-order valence-electron chi connectivity index (χ0n) is 20.9. The van der Waals surface area contributed by atoms with Crippen LogP contribution in [0.2, 0.25) is 0 Å². The molecule has 0 saturated heterocycles. The number of allylic oxidation sites excluding steroid dienone is 5. The number of nitrogens with two attached hydrogens (primary N) is 1. The number of nitrogen functional groups attached to an aromatic ring is 1. The van der Waals surface area contributed by atoms with E-state index < -0.39 is 0 Å². The first-order chi connectivity index (χ1) is 15.6. The maximum atomic E-state index is 6.31. The minimum absolute atomic E-state index is 0.722. The Balaban J connectivity index is 2.01. The highest BCUT2D eigenvalue weighted by Crippen LogP contribution is 2.25. The molecular weight excluding hydrogens is 392 g/mol. The third-order valence-electron chi connectivity index (χ3n) is 6.51. The van der Waals surface area contributed by atoms with Crippen LogP contribution in [0.15, 0.2) is 59.2 Å². The highest BCUT2D eigenvalue weighted by atomic mass is 15.2. The minimum atomic E-state index is 0.722. The van der Waals surface area contributed by atoms with Gasteiger partial charge in [-0.25, -0.2) is 0 Å². The van der Waals surface area contributed by atoms with Gasteiger partial charge in [-0.15, -0.1) is 0 Å². The lowest BCUT2D eigenvalue weighted by Gasteiger charge is -2.28. The van der Waals surface area contributed by atoms with Crippen LogP contribution < -0.4 is 21.3 Å². The molecule has 0 radical (unpaired) electrons. The van der Waals surface area contributed by atoms with Crippen molar-refractivity contribution in [3.8, 4) is 0 Å². The van der Waals surface area contributed by atoms with Crippen LogP contribution in [0.3, 0.4) is 0 Å². The summed E-state index contributed by atoms with van der Waals surface area (Å²) in [6, 6.07) is 8.23. The molecule has 4 nitrogen and oxygen atoms in total. The number of unbranched alkanes of at least 4 members (excludes halogenated alkanes) is 1. The summed E-state index contributed by atoms with van der Waals surface area (Å²) in [6.45, 7) is 10.7. The Hall–Kier alpha value is -2.04. The van der Waals surface area contributed by atoms with Gasteiger partial charge >= 0.3 is 0 Å². The molecule has 0 fully saturated rings. The molecule has 0 saturated carbocycles. The number of nitrogens with zero attached hydrogens (tertiary/aromatic N) is 1. The molecule has 32 heavy (non-hydrogen) atoms. The molecule has 1 aromatic rings. The second kappa shape index (κ2) is 14.9. The molecule has 178 valence electrons. The quantitative estimate of drug-likeness (QED) is 0.177. The fraction of sp³-hybridized carbons (Fsp3) is 0.571. The normalized spacial score (nSPS) is 14.9. The standard InChI is InChI=1S/C28H46N4/c1-5-23(3)17-19-32(28-16-8-7-15-27(28)29)22-31-21-24-12-11-14-25(6-2)26(20-24)13-9-10-18-30-4/h7-8,11,14-16,20,23,30-31H,5-6,9-10,12-13,17-19,21-22,29H2,1-4H3. The summed E-state index contributed by atoms with van der Waals surface area (Å²) >= 11 is 0. The second-order valence-electron chi connectivity index (χ2n) is 9.08. The van der Waals surface area contributed by atoms with E-state index in [0.717, 1.165) is 56.4 Å². The largest absolute Gasteiger partial charge is 0.397 e. The lowest BCUT2D eigenvalue weighted by molar-refractivity contribution is 0.504. The van der Waals surface area contributed by atoms with Gasteiger partial charge in [0.05, 0.1) is 18.0 Å². The first-order valence-corrected chi connectivity index (χ1v) is 12.6. The van der Waals surface area contributed by atoms with Gasteiger partial charge in [-0.05, 0) is 81.3 Å². The number of anilines is 2. The number of para-hydroxylation sites is 2. The average molecular weight is 439 g/mol. The summed E-state index contributed by atoms with van der Waals surface area (Å²) in [6.07, 6.45) is 15.3. The first kappa shape index (κ1) is 26.2. The van der Waals surface area contributed by atoms with Gasteiger partial charge in [0, 0.05) is 13.1 Å². The third kappa shape index (κ3) is 8.84. The van der Waals surface area contributed by atoms with Crippen molar-refractivity contribution in [3.63, 3.8) is 0 Å². The molecule has 4 heteroatoms. The summed E-state index contributed by atoms with van der Waals surface area (Å²) in [4.78, 5) is 2.40. The number of hydrogen-bond acceptors (Lipinski definition) is 4. The van der Waals surface area contributed by atoms with E-state index in [1.165, 1.54) is 48.8 Å². The number of hydrogen-bond donors (Lipinski definition) is 3. The van der Waals surface area contributed by atoms with Crippen molar-refractivity contribution in [2.24, 2.45) is 5.92 Å².